The Morgan fingerprint density at radius 2 is 1.75 bits per heavy atom. The summed E-state index contributed by atoms with van der Waals surface area (Å²) in [4.78, 5) is 2.08. The van der Waals surface area contributed by atoms with Gasteiger partial charge >= 0.3 is 6.18 Å². The topological polar surface area (TPSA) is 15.3 Å². The molecule has 0 aliphatic carbocycles. The Hall–Kier alpha value is -1.07. The zero-order valence-electron chi connectivity index (χ0n) is 12.3. The summed E-state index contributed by atoms with van der Waals surface area (Å²) in [5.41, 5.74) is 0.334. The first-order valence-electron chi connectivity index (χ1n) is 6.87. The largest absolute Gasteiger partial charge is 0.416 e. The van der Waals surface area contributed by atoms with Crippen molar-refractivity contribution in [1.82, 2.24) is 10.2 Å². The summed E-state index contributed by atoms with van der Waals surface area (Å²) in [7, 11) is 3.99. The maximum atomic E-state index is 12.5. The predicted octanol–water partition coefficient (Wildman–Crippen LogP) is 3.18. The first-order valence-corrected chi connectivity index (χ1v) is 6.87. The van der Waals surface area contributed by atoms with Crippen LogP contribution < -0.4 is 5.32 Å². The summed E-state index contributed by atoms with van der Waals surface area (Å²) in [5, 5.41) is 3.43. The molecular weight excluding hydrogens is 265 g/mol. The van der Waals surface area contributed by atoms with Gasteiger partial charge in [-0.2, -0.15) is 13.2 Å². The van der Waals surface area contributed by atoms with Crippen LogP contribution in [0.4, 0.5) is 13.2 Å². The van der Waals surface area contributed by atoms with Crippen LogP contribution in [0.2, 0.25) is 0 Å². The molecule has 1 unspecified atom stereocenters. The van der Waals surface area contributed by atoms with E-state index in [2.05, 4.69) is 17.1 Å². The summed E-state index contributed by atoms with van der Waals surface area (Å²) in [5.74, 6) is 0. The SMILES string of the molecule is CCCNC(Cc1ccc(C(F)(F)F)cc1)CN(C)C. The van der Waals surface area contributed by atoms with Crippen LogP contribution in [0.25, 0.3) is 0 Å². The lowest BCUT2D eigenvalue weighted by Crippen LogP contribution is -2.40. The number of nitrogens with one attached hydrogen (secondary N) is 1. The van der Waals surface area contributed by atoms with Crippen LogP contribution in [-0.2, 0) is 12.6 Å². The average molecular weight is 288 g/mol. The summed E-state index contributed by atoms with van der Waals surface area (Å²) in [6, 6.07) is 5.70. The second-order valence-electron chi connectivity index (χ2n) is 5.31. The lowest BCUT2D eigenvalue weighted by atomic mass is 10.0. The molecule has 1 rings (SSSR count). The number of nitrogens with zero attached hydrogens (tertiary/aromatic N) is 1. The minimum atomic E-state index is -4.26. The normalized spacial score (nSPS) is 13.8. The molecule has 0 bridgehead atoms. The molecule has 0 heterocycles. The van der Waals surface area contributed by atoms with Crippen molar-refractivity contribution >= 4 is 0 Å². The maximum absolute atomic E-state index is 12.5. The number of likely N-dealkylation sites (N-methyl/N-ethyl adjacent to an activating group) is 1. The maximum Gasteiger partial charge on any atom is 0.416 e. The molecule has 20 heavy (non-hydrogen) atoms. The number of halogens is 3. The molecule has 1 N–H and O–H groups in total. The van der Waals surface area contributed by atoms with E-state index < -0.39 is 11.7 Å². The molecule has 0 fully saturated rings. The van der Waals surface area contributed by atoms with E-state index in [4.69, 9.17) is 0 Å². The van der Waals surface area contributed by atoms with E-state index in [1.165, 1.54) is 0 Å². The van der Waals surface area contributed by atoms with Gasteiger partial charge in [0.05, 0.1) is 5.56 Å². The monoisotopic (exact) mass is 288 g/mol. The van der Waals surface area contributed by atoms with Gasteiger partial charge in [0, 0.05) is 12.6 Å². The fraction of sp³-hybridized carbons (Fsp3) is 0.600. The van der Waals surface area contributed by atoms with Gasteiger partial charge in [0.15, 0.2) is 0 Å². The van der Waals surface area contributed by atoms with Gasteiger partial charge in [0.2, 0.25) is 0 Å². The van der Waals surface area contributed by atoms with Crippen molar-refractivity contribution in [3.63, 3.8) is 0 Å². The number of hydrogen-bond acceptors (Lipinski definition) is 2. The van der Waals surface area contributed by atoms with Crippen molar-refractivity contribution in [1.29, 1.82) is 0 Å². The highest BCUT2D eigenvalue weighted by Crippen LogP contribution is 2.29. The third kappa shape index (κ3) is 5.92. The fourth-order valence-corrected chi connectivity index (χ4v) is 2.10. The van der Waals surface area contributed by atoms with Crippen LogP contribution in [0.1, 0.15) is 24.5 Å². The lowest BCUT2D eigenvalue weighted by molar-refractivity contribution is -0.137. The number of rotatable bonds is 7. The summed E-state index contributed by atoms with van der Waals surface area (Å²) >= 11 is 0. The van der Waals surface area contributed by atoms with Crippen molar-refractivity contribution in [2.45, 2.75) is 32.0 Å². The molecular formula is C15H23F3N2. The third-order valence-corrected chi connectivity index (χ3v) is 3.03. The molecule has 2 nitrogen and oxygen atoms in total. The molecule has 0 radical (unpaired) electrons. The second-order valence-corrected chi connectivity index (χ2v) is 5.31. The highest BCUT2D eigenvalue weighted by molar-refractivity contribution is 5.25. The molecule has 1 aromatic rings. The van der Waals surface area contributed by atoms with Crippen LogP contribution in [0.3, 0.4) is 0 Å². The van der Waals surface area contributed by atoms with E-state index in [0.717, 1.165) is 43.6 Å². The number of hydrogen-bond donors (Lipinski definition) is 1. The Morgan fingerprint density at radius 1 is 1.15 bits per heavy atom. The van der Waals surface area contributed by atoms with Crippen LogP contribution in [0.5, 0.6) is 0 Å². The van der Waals surface area contributed by atoms with Crippen molar-refractivity contribution in [3.05, 3.63) is 35.4 Å². The van der Waals surface area contributed by atoms with Crippen LogP contribution in [-0.4, -0.2) is 38.1 Å². The third-order valence-electron chi connectivity index (χ3n) is 3.03. The minimum Gasteiger partial charge on any atom is -0.312 e. The fourth-order valence-electron chi connectivity index (χ4n) is 2.10. The molecule has 0 saturated heterocycles. The molecule has 1 aromatic carbocycles. The molecule has 114 valence electrons. The van der Waals surface area contributed by atoms with Crippen molar-refractivity contribution < 1.29 is 13.2 Å². The Bertz CT molecular complexity index is 385. The van der Waals surface area contributed by atoms with Crippen LogP contribution >= 0.6 is 0 Å². The molecule has 0 aliphatic rings. The molecule has 0 amide bonds. The highest BCUT2D eigenvalue weighted by atomic mass is 19.4. The number of benzene rings is 1. The Labute approximate surface area is 119 Å². The summed E-state index contributed by atoms with van der Waals surface area (Å²) < 4.78 is 37.5. The van der Waals surface area contributed by atoms with Crippen molar-refractivity contribution in [2.75, 3.05) is 27.2 Å². The van der Waals surface area contributed by atoms with Crippen LogP contribution in [0, 0.1) is 0 Å². The van der Waals surface area contributed by atoms with E-state index >= 15 is 0 Å². The van der Waals surface area contributed by atoms with Gasteiger partial charge in [0.1, 0.15) is 0 Å². The van der Waals surface area contributed by atoms with E-state index in [1.807, 2.05) is 14.1 Å². The Balaban J connectivity index is 2.68. The van der Waals surface area contributed by atoms with Gasteiger partial charge in [-0.25, -0.2) is 0 Å². The highest BCUT2D eigenvalue weighted by Gasteiger charge is 2.29. The molecule has 5 heteroatoms. The Kier molecular flexibility index (Phi) is 6.49. The van der Waals surface area contributed by atoms with Gasteiger partial charge < -0.3 is 10.2 Å². The second kappa shape index (κ2) is 7.64. The van der Waals surface area contributed by atoms with E-state index in [-0.39, 0.29) is 6.04 Å². The molecule has 0 saturated carbocycles. The van der Waals surface area contributed by atoms with Gasteiger partial charge in [-0.15, -0.1) is 0 Å². The first kappa shape index (κ1) is 17.0. The van der Waals surface area contributed by atoms with Gasteiger partial charge in [-0.1, -0.05) is 19.1 Å². The standard InChI is InChI=1S/C15H23F3N2/c1-4-9-19-14(11-20(2)3)10-12-5-7-13(8-6-12)15(16,17)18/h5-8,14,19H,4,9-11H2,1-3H3. The van der Waals surface area contributed by atoms with Crippen molar-refractivity contribution in [3.8, 4) is 0 Å². The van der Waals surface area contributed by atoms with Gasteiger partial charge in [-0.05, 0) is 51.2 Å². The zero-order chi connectivity index (χ0) is 15.2. The van der Waals surface area contributed by atoms with E-state index in [1.54, 1.807) is 12.1 Å². The van der Waals surface area contributed by atoms with E-state index in [0.29, 0.717) is 0 Å². The molecule has 0 aromatic heterocycles. The average Bonchev–Trinajstić information content (AvgIpc) is 2.35. The smallest absolute Gasteiger partial charge is 0.312 e. The van der Waals surface area contributed by atoms with Crippen molar-refractivity contribution in [2.24, 2.45) is 0 Å². The molecule has 1 atom stereocenters. The Morgan fingerprint density at radius 3 is 2.20 bits per heavy atom. The minimum absolute atomic E-state index is 0.252. The lowest BCUT2D eigenvalue weighted by Gasteiger charge is -2.22. The zero-order valence-corrected chi connectivity index (χ0v) is 12.3. The van der Waals surface area contributed by atoms with Crippen LogP contribution in [0.15, 0.2) is 24.3 Å². The van der Waals surface area contributed by atoms with Gasteiger partial charge in [0.25, 0.3) is 0 Å². The van der Waals surface area contributed by atoms with Gasteiger partial charge in [-0.3, -0.25) is 0 Å². The molecule has 0 spiro atoms. The summed E-state index contributed by atoms with van der Waals surface area (Å²) in [6.45, 7) is 3.87. The number of alkyl halides is 3. The molecule has 0 aliphatic heterocycles. The van der Waals surface area contributed by atoms with E-state index in [9.17, 15) is 13.2 Å². The first-order chi connectivity index (χ1) is 9.32. The predicted molar refractivity (Wildman–Crippen MR) is 75.8 cm³/mol. The quantitative estimate of drug-likeness (QED) is 0.829. The summed E-state index contributed by atoms with van der Waals surface area (Å²) in [6.07, 6.45) is -2.49.